The van der Waals surface area contributed by atoms with Gasteiger partial charge in [-0.05, 0) is 29.7 Å². The summed E-state index contributed by atoms with van der Waals surface area (Å²) in [4.78, 5) is 29.6. The number of ether oxygens (including phenoxy) is 2. The molecule has 0 aliphatic rings. The molecule has 2 aromatic rings. The van der Waals surface area contributed by atoms with E-state index in [4.69, 9.17) is 14.3 Å². The van der Waals surface area contributed by atoms with E-state index in [1.165, 1.54) is 0 Å². The fourth-order valence-electron chi connectivity index (χ4n) is 2.62. The maximum absolute atomic E-state index is 13.0. The van der Waals surface area contributed by atoms with Crippen LogP contribution in [-0.2, 0) is 38.1 Å². The second-order valence-corrected chi connectivity index (χ2v) is 7.86. The van der Waals surface area contributed by atoms with E-state index in [2.05, 4.69) is 0 Å². The van der Waals surface area contributed by atoms with Gasteiger partial charge in [0, 0.05) is 5.56 Å². The van der Waals surface area contributed by atoms with Crippen LogP contribution >= 0.6 is 0 Å². The van der Waals surface area contributed by atoms with Crippen LogP contribution in [0, 0.1) is 5.92 Å². The Balaban J connectivity index is 2.14. The summed E-state index contributed by atoms with van der Waals surface area (Å²) in [6.45, 7) is 3.19. The normalized spacial score (nSPS) is 12.9. The van der Waals surface area contributed by atoms with Crippen LogP contribution in [0.2, 0.25) is 0 Å². The molecule has 0 bridgehead atoms. The lowest BCUT2D eigenvalue weighted by atomic mass is 10.0. The molecule has 1 unspecified atom stereocenters. The van der Waals surface area contributed by atoms with Crippen LogP contribution in [0.25, 0.3) is 0 Å². The van der Waals surface area contributed by atoms with Gasteiger partial charge in [-0.1, -0.05) is 44.2 Å². The van der Waals surface area contributed by atoms with E-state index < -0.39 is 53.6 Å². The Kier molecular flexibility index (Phi) is 9.66. The number of benzene rings is 2. The maximum atomic E-state index is 13.0. The number of amides is 1. The van der Waals surface area contributed by atoms with Gasteiger partial charge in [0.1, 0.15) is 0 Å². The van der Waals surface area contributed by atoms with Crippen LogP contribution in [-0.4, -0.2) is 31.2 Å². The van der Waals surface area contributed by atoms with Crippen molar-refractivity contribution in [1.29, 1.82) is 0 Å². The number of carbonyl (C=O) groups excluding carboxylic acids is 2. The van der Waals surface area contributed by atoms with Gasteiger partial charge in [0.2, 0.25) is 6.10 Å². The molecule has 192 valence electrons. The van der Waals surface area contributed by atoms with E-state index in [9.17, 15) is 35.9 Å². The Morgan fingerprint density at radius 3 is 1.97 bits per heavy atom. The first-order chi connectivity index (χ1) is 16.3. The summed E-state index contributed by atoms with van der Waals surface area (Å²) >= 11 is 0. The van der Waals surface area contributed by atoms with E-state index in [1.807, 2.05) is 0 Å². The third-order valence-electron chi connectivity index (χ3n) is 4.35. The molecule has 0 heterocycles. The summed E-state index contributed by atoms with van der Waals surface area (Å²) < 4.78 is 88.7. The van der Waals surface area contributed by atoms with Crippen molar-refractivity contribution in [3.8, 4) is 0 Å². The Morgan fingerprint density at radius 1 is 0.886 bits per heavy atom. The average molecular weight is 507 g/mol. The lowest BCUT2D eigenvalue weighted by Crippen LogP contribution is -2.39. The molecule has 1 amide bonds. The highest BCUT2D eigenvalue weighted by Crippen LogP contribution is 2.36. The molecule has 12 heteroatoms. The van der Waals surface area contributed by atoms with Gasteiger partial charge in [0.15, 0.2) is 0 Å². The van der Waals surface area contributed by atoms with Crippen LogP contribution in [0.15, 0.2) is 48.5 Å². The highest BCUT2D eigenvalue weighted by atomic mass is 19.4. The van der Waals surface area contributed by atoms with Gasteiger partial charge in [-0.25, -0.2) is 10.3 Å². The summed E-state index contributed by atoms with van der Waals surface area (Å²) in [5.41, 5.74) is -1.83. The van der Waals surface area contributed by atoms with Crippen LogP contribution in [0.3, 0.4) is 0 Å². The van der Waals surface area contributed by atoms with E-state index in [-0.39, 0.29) is 37.3 Å². The highest BCUT2D eigenvalue weighted by molar-refractivity contribution is 5.94. The first-order valence-electron chi connectivity index (χ1n) is 10.3. The van der Waals surface area contributed by atoms with Gasteiger partial charge < -0.3 is 9.47 Å². The minimum atomic E-state index is -5.13. The molecule has 0 aromatic heterocycles. The fourth-order valence-corrected chi connectivity index (χ4v) is 2.62. The SMILES string of the molecule is CC(C)COC(=O)C(COCc1ccccc1)ONC(=O)c1cc(C(F)(F)F)cc(C(F)(F)F)c1. The molecule has 1 N–H and O–H groups in total. The lowest BCUT2D eigenvalue weighted by Gasteiger charge is -2.18. The second kappa shape index (κ2) is 12.0. The first kappa shape index (κ1) is 28.1. The zero-order valence-corrected chi connectivity index (χ0v) is 18.7. The molecular weight excluding hydrogens is 484 g/mol. The first-order valence-corrected chi connectivity index (χ1v) is 10.3. The Bertz CT molecular complexity index is 960. The average Bonchev–Trinajstić information content (AvgIpc) is 2.78. The molecule has 0 saturated carbocycles. The highest BCUT2D eigenvalue weighted by Gasteiger charge is 2.37. The zero-order chi connectivity index (χ0) is 26.2. The van der Waals surface area contributed by atoms with E-state index >= 15 is 0 Å². The van der Waals surface area contributed by atoms with Gasteiger partial charge in [-0.2, -0.15) is 26.3 Å². The molecule has 1 atom stereocenters. The summed E-state index contributed by atoms with van der Waals surface area (Å²) in [6.07, 6.45) is -11.8. The van der Waals surface area contributed by atoms with Crippen molar-refractivity contribution in [3.05, 3.63) is 70.8 Å². The van der Waals surface area contributed by atoms with Crippen molar-refractivity contribution < 1.29 is 50.2 Å². The summed E-state index contributed by atoms with van der Waals surface area (Å²) in [5, 5.41) is 0. The van der Waals surface area contributed by atoms with Crippen LogP contribution in [0.1, 0.15) is 40.9 Å². The standard InChI is InChI=1S/C23H23F6NO5/c1-14(2)11-34-21(32)19(13-33-12-15-6-4-3-5-7-15)35-30-20(31)16-8-17(22(24,25)26)10-18(9-16)23(27,28)29/h3-10,14,19H,11-13H2,1-2H3,(H,30,31). The quantitative estimate of drug-likeness (QED) is 0.273. The molecule has 35 heavy (non-hydrogen) atoms. The van der Waals surface area contributed by atoms with Crippen molar-refractivity contribution in [2.45, 2.75) is 38.9 Å². The monoisotopic (exact) mass is 507 g/mol. The lowest BCUT2D eigenvalue weighted by molar-refractivity contribution is -0.167. The second-order valence-electron chi connectivity index (χ2n) is 7.86. The van der Waals surface area contributed by atoms with Gasteiger partial charge in [-0.15, -0.1) is 0 Å². The molecule has 6 nitrogen and oxygen atoms in total. The fraction of sp³-hybridized carbons (Fsp3) is 0.391. The van der Waals surface area contributed by atoms with E-state index in [0.717, 1.165) is 5.56 Å². The molecule has 0 fully saturated rings. The Morgan fingerprint density at radius 2 is 1.46 bits per heavy atom. The molecule has 0 aliphatic carbocycles. The number of carbonyl (C=O) groups is 2. The van der Waals surface area contributed by atoms with Crippen molar-refractivity contribution in [2.75, 3.05) is 13.2 Å². The molecule has 0 radical (unpaired) electrons. The topological polar surface area (TPSA) is 73.9 Å². The number of hydrogen-bond donors (Lipinski definition) is 1. The predicted molar refractivity (Wildman–Crippen MR) is 111 cm³/mol. The minimum absolute atomic E-state index is 0.00783. The number of halogens is 6. The molecule has 0 aliphatic heterocycles. The third kappa shape index (κ3) is 9.21. The largest absolute Gasteiger partial charge is 0.463 e. The third-order valence-corrected chi connectivity index (χ3v) is 4.35. The van der Waals surface area contributed by atoms with Gasteiger partial charge in [0.25, 0.3) is 5.91 Å². The molecule has 0 saturated heterocycles. The molecule has 2 rings (SSSR count). The number of hydroxylamine groups is 1. The summed E-state index contributed by atoms with van der Waals surface area (Å²) in [5.74, 6) is -2.40. The smallest absolute Gasteiger partial charge is 0.416 e. The van der Waals surface area contributed by atoms with Crippen LogP contribution in [0.5, 0.6) is 0 Å². The number of rotatable bonds is 10. The van der Waals surface area contributed by atoms with E-state index in [1.54, 1.807) is 49.7 Å². The molecule has 0 spiro atoms. The van der Waals surface area contributed by atoms with Crippen LogP contribution < -0.4 is 5.48 Å². The molecular formula is C23H23F6NO5. The predicted octanol–water partition coefficient (Wildman–Crippen LogP) is 5.17. The number of hydrogen-bond acceptors (Lipinski definition) is 5. The summed E-state index contributed by atoms with van der Waals surface area (Å²) in [6, 6.07) is 9.18. The van der Waals surface area contributed by atoms with Crippen molar-refractivity contribution in [3.63, 3.8) is 0 Å². The number of alkyl halides is 6. The van der Waals surface area contributed by atoms with Crippen LogP contribution in [0.4, 0.5) is 26.3 Å². The van der Waals surface area contributed by atoms with Crippen molar-refractivity contribution >= 4 is 11.9 Å². The van der Waals surface area contributed by atoms with E-state index in [0.29, 0.717) is 0 Å². The zero-order valence-electron chi connectivity index (χ0n) is 18.7. The van der Waals surface area contributed by atoms with Crippen molar-refractivity contribution in [1.82, 2.24) is 5.48 Å². The van der Waals surface area contributed by atoms with Gasteiger partial charge >= 0.3 is 18.3 Å². The number of nitrogens with one attached hydrogen (secondary N) is 1. The van der Waals surface area contributed by atoms with Gasteiger partial charge in [-0.3, -0.25) is 9.63 Å². The minimum Gasteiger partial charge on any atom is -0.463 e. The summed E-state index contributed by atoms with van der Waals surface area (Å²) in [7, 11) is 0. The number of esters is 1. The molecule has 2 aromatic carbocycles. The van der Waals surface area contributed by atoms with Crippen molar-refractivity contribution in [2.24, 2.45) is 5.92 Å². The maximum Gasteiger partial charge on any atom is 0.416 e. The Hall–Kier alpha value is -3.12. The Labute approximate surface area is 197 Å². The van der Waals surface area contributed by atoms with Gasteiger partial charge in [0.05, 0.1) is 30.9 Å².